The van der Waals surface area contributed by atoms with Crippen molar-refractivity contribution in [1.82, 2.24) is 0 Å². The van der Waals surface area contributed by atoms with Crippen LogP contribution in [-0.4, -0.2) is 69.1 Å². The number of carbonyl (C=O) groups excluding carboxylic acids is 1. The molecule has 0 bridgehead atoms. The second-order valence-electron chi connectivity index (χ2n) is 4.48. The van der Waals surface area contributed by atoms with E-state index in [0.29, 0.717) is 0 Å². The Kier molecular flexibility index (Phi) is 6.53. The molecule has 7 N–H and O–H groups in total. The molecular weight excluding hydrogens is 282 g/mol. The monoisotopic (exact) mass is 301 g/mol. The number of para-hydroxylation sites is 1. The van der Waals surface area contributed by atoms with Crippen LogP contribution >= 0.6 is 0 Å². The summed E-state index contributed by atoms with van der Waals surface area (Å²) >= 11 is 0. The van der Waals surface area contributed by atoms with E-state index >= 15 is 0 Å². The summed E-state index contributed by atoms with van der Waals surface area (Å²) in [6, 6.07) is 6.16. The fourth-order valence-electron chi connectivity index (χ4n) is 1.58. The molecule has 0 radical (unpaired) electrons. The van der Waals surface area contributed by atoms with E-state index in [1.54, 1.807) is 12.1 Å². The molecular formula is C13H19NO7. The smallest absolute Gasteiger partial charge is 0.340 e. The molecule has 1 rings (SSSR count). The maximum atomic E-state index is 11.7. The molecule has 1 aromatic carbocycles. The van der Waals surface area contributed by atoms with E-state index < -0.39 is 43.6 Å². The lowest BCUT2D eigenvalue weighted by Crippen LogP contribution is -2.47. The zero-order valence-corrected chi connectivity index (χ0v) is 11.2. The fourth-order valence-corrected chi connectivity index (χ4v) is 1.58. The molecule has 4 atom stereocenters. The van der Waals surface area contributed by atoms with Crippen molar-refractivity contribution in [3.63, 3.8) is 0 Å². The van der Waals surface area contributed by atoms with Crippen molar-refractivity contribution in [2.24, 2.45) is 0 Å². The Morgan fingerprint density at radius 2 is 1.67 bits per heavy atom. The Morgan fingerprint density at radius 1 is 1.10 bits per heavy atom. The Morgan fingerprint density at radius 3 is 2.24 bits per heavy atom. The first-order valence-corrected chi connectivity index (χ1v) is 6.23. The van der Waals surface area contributed by atoms with Crippen molar-refractivity contribution in [2.75, 3.05) is 18.9 Å². The molecule has 0 aliphatic carbocycles. The van der Waals surface area contributed by atoms with Crippen molar-refractivity contribution in [3.8, 4) is 0 Å². The van der Waals surface area contributed by atoms with Gasteiger partial charge in [0.05, 0.1) is 12.2 Å². The lowest BCUT2D eigenvalue weighted by molar-refractivity contribution is -0.124. The van der Waals surface area contributed by atoms with Crippen molar-refractivity contribution < 1.29 is 35.1 Å². The first-order valence-electron chi connectivity index (χ1n) is 6.23. The number of carbonyl (C=O) groups is 1. The first-order chi connectivity index (χ1) is 9.88. The van der Waals surface area contributed by atoms with Gasteiger partial charge >= 0.3 is 5.97 Å². The number of nitrogens with two attached hydrogens (primary N) is 1. The summed E-state index contributed by atoms with van der Waals surface area (Å²) in [7, 11) is 0. The number of rotatable bonds is 7. The van der Waals surface area contributed by atoms with Crippen molar-refractivity contribution in [3.05, 3.63) is 29.8 Å². The lowest BCUT2D eigenvalue weighted by atomic mass is 10.0. The maximum Gasteiger partial charge on any atom is 0.340 e. The summed E-state index contributed by atoms with van der Waals surface area (Å²) in [5.41, 5.74) is 5.89. The quantitative estimate of drug-likeness (QED) is 0.246. The van der Waals surface area contributed by atoms with Crippen LogP contribution in [0, 0.1) is 0 Å². The summed E-state index contributed by atoms with van der Waals surface area (Å²) < 4.78 is 4.77. The van der Waals surface area contributed by atoms with E-state index in [0.717, 1.165) is 0 Å². The molecule has 21 heavy (non-hydrogen) atoms. The van der Waals surface area contributed by atoms with Gasteiger partial charge in [0.15, 0.2) is 0 Å². The zero-order chi connectivity index (χ0) is 16.0. The van der Waals surface area contributed by atoms with Gasteiger partial charge in [0, 0.05) is 5.69 Å². The molecule has 0 aromatic heterocycles. The predicted octanol–water partition coefficient (Wildman–Crippen LogP) is -2.14. The van der Waals surface area contributed by atoms with Gasteiger partial charge in [-0.3, -0.25) is 0 Å². The standard InChI is InChI=1S/C13H19NO7/c14-8-4-2-1-3-7(8)13(20)21-6-10(17)12(19)11(18)9(16)5-15/h1-4,9-12,15-19H,5-6,14H2. The minimum absolute atomic E-state index is 0.107. The molecule has 8 nitrogen and oxygen atoms in total. The van der Waals surface area contributed by atoms with Gasteiger partial charge in [0.2, 0.25) is 0 Å². The van der Waals surface area contributed by atoms with Crippen LogP contribution in [-0.2, 0) is 4.74 Å². The summed E-state index contributed by atoms with van der Waals surface area (Å²) in [6.45, 7) is -1.39. The number of aliphatic hydroxyl groups excluding tert-OH is 5. The number of aliphatic hydroxyl groups is 5. The third-order valence-electron chi connectivity index (χ3n) is 2.89. The Hall–Kier alpha value is -1.71. The van der Waals surface area contributed by atoms with Crippen LogP contribution < -0.4 is 5.73 Å². The SMILES string of the molecule is Nc1ccccc1C(=O)OCC(O)C(O)C(O)C(O)CO. The van der Waals surface area contributed by atoms with Gasteiger partial charge < -0.3 is 36.0 Å². The lowest BCUT2D eigenvalue weighted by Gasteiger charge is -2.25. The molecule has 0 aliphatic rings. The Labute approximate surface area is 121 Å². The average molecular weight is 301 g/mol. The minimum atomic E-state index is -1.78. The van der Waals surface area contributed by atoms with E-state index in [1.165, 1.54) is 12.1 Å². The number of esters is 1. The highest BCUT2D eigenvalue weighted by molar-refractivity contribution is 5.94. The topological polar surface area (TPSA) is 153 Å². The van der Waals surface area contributed by atoms with E-state index in [1.807, 2.05) is 0 Å². The highest BCUT2D eigenvalue weighted by atomic mass is 16.5. The molecule has 0 saturated carbocycles. The van der Waals surface area contributed by atoms with Gasteiger partial charge in [-0.1, -0.05) is 12.1 Å². The minimum Gasteiger partial charge on any atom is -0.459 e. The van der Waals surface area contributed by atoms with Gasteiger partial charge in [-0.05, 0) is 12.1 Å². The molecule has 0 fully saturated rings. The van der Waals surface area contributed by atoms with Crippen LogP contribution in [0.15, 0.2) is 24.3 Å². The number of benzene rings is 1. The predicted molar refractivity (Wildman–Crippen MR) is 72.2 cm³/mol. The maximum absolute atomic E-state index is 11.7. The van der Waals surface area contributed by atoms with Gasteiger partial charge in [-0.15, -0.1) is 0 Å². The van der Waals surface area contributed by atoms with Gasteiger partial charge in [0.25, 0.3) is 0 Å². The van der Waals surface area contributed by atoms with Gasteiger partial charge in [-0.25, -0.2) is 4.79 Å². The van der Waals surface area contributed by atoms with Crippen LogP contribution in [0.25, 0.3) is 0 Å². The second-order valence-corrected chi connectivity index (χ2v) is 4.48. The zero-order valence-electron chi connectivity index (χ0n) is 11.2. The van der Waals surface area contributed by atoms with Crippen molar-refractivity contribution in [2.45, 2.75) is 24.4 Å². The van der Waals surface area contributed by atoms with Gasteiger partial charge in [-0.2, -0.15) is 0 Å². The molecule has 0 amide bonds. The highest BCUT2D eigenvalue weighted by Gasteiger charge is 2.30. The molecule has 0 aliphatic heterocycles. The summed E-state index contributed by atoms with van der Waals surface area (Å²) in [6.07, 6.45) is -6.80. The number of hydrogen-bond acceptors (Lipinski definition) is 8. The number of anilines is 1. The number of nitrogen functional groups attached to an aromatic ring is 1. The Bertz CT molecular complexity index is 468. The normalized spacial score (nSPS) is 16.8. The molecule has 0 spiro atoms. The highest BCUT2D eigenvalue weighted by Crippen LogP contribution is 2.13. The largest absolute Gasteiger partial charge is 0.459 e. The van der Waals surface area contributed by atoms with Crippen LogP contribution in [0.4, 0.5) is 5.69 Å². The van der Waals surface area contributed by atoms with E-state index in [4.69, 9.17) is 20.7 Å². The fraction of sp³-hybridized carbons (Fsp3) is 0.462. The van der Waals surface area contributed by atoms with Crippen LogP contribution in [0.5, 0.6) is 0 Å². The molecule has 0 saturated heterocycles. The van der Waals surface area contributed by atoms with Crippen LogP contribution in [0.1, 0.15) is 10.4 Å². The van der Waals surface area contributed by atoms with E-state index in [2.05, 4.69) is 0 Å². The second kappa shape index (κ2) is 7.91. The Balaban J connectivity index is 2.55. The van der Waals surface area contributed by atoms with Crippen molar-refractivity contribution >= 4 is 11.7 Å². The molecule has 8 heteroatoms. The van der Waals surface area contributed by atoms with Crippen LogP contribution in [0.3, 0.4) is 0 Å². The number of hydrogen-bond donors (Lipinski definition) is 6. The summed E-state index contributed by atoms with van der Waals surface area (Å²) in [5, 5.41) is 46.3. The van der Waals surface area contributed by atoms with E-state index in [9.17, 15) is 20.1 Å². The molecule has 4 unspecified atom stereocenters. The van der Waals surface area contributed by atoms with E-state index in [-0.39, 0.29) is 11.3 Å². The molecule has 1 aromatic rings. The van der Waals surface area contributed by atoms with Crippen molar-refractivity contribution in [1.29, 1.82) is 0 Å². The summed E-state index contributed by atoms with van der Waals surface area (Å²) in [4.78, 5) is 11.7. The third kappa shape index (κ3) is 4.66. The van der Waals surface area contributed by atoms with Crippen LogP contribution in [0.2, 0.25) is 0 Å². The third-order valence-corrected chi connectivity index (χ3v) is 2.89. The summed E-state index contributed by atoms with van der Waals surface area (Å²) in [5.74, 6) is -0.795. The van der Waals surface area contributed by atoms with Gasteiger partial charge in [0.1, 0.15) is 31.0 Å². The molecule has 0 heterocycles. The number of ether oxygens (including phenoxy) is 1. The average Bonchev–Trinajstić information content (AvgIpc) is 2.50. The first kappa shape index (κ1) is 17.3. The molecule has 118 valence electrons.